The van der Waals surface area contributed by atoms with Crippen molar-refractivity contribution < 1.29 is 13.2 Å². The van der Waals surface area contributed by atoms with Crippen LogP contribution in [-0.2, 0) is 9.05 Å². The molecule has 0 saturated carbocycles. The van der Waals surface area contributed by atoms with Gasteiger partial charge in [0.2, 0.25) is 0 Å². The van der Waals surface area contributed by atoms with Gasteiger partial charge in [0.05, 0.1) is 4.90 Å². The maximum Gasteiger partial charge on any atom is 0.261 e. The first kappa shape index (κ1) is 16.3. The van der Waals surface area contributed by atoms with Crippen molar-refractivity contribution in [3.8, 4) is 11.5 Å². The van der Waals surface area contributed by atoms with E-state index in [0.717, 1.165) is 15.6 Å². The summed E-state index contributed by atoms with van der Waals surface area (Å²) in [4.78, 5) is 0.0969. The minimum absolute atomic E-state index is 0.0969. The lowest BCUT2D eigenvalue weighted by Gasteiger charge is -2.11. The number of ether oxygens (including phenoxy) is 1. The molecular weight excluding hydrogens is 376 g/mol. The molecule has 0 unspecified atom stereocenters. The molecule has 2 rings (SSSR count). The van der Waals surface area contributed by atoms with E-state index in [9.17, 15) is 8.42 Å². The number of aryl methyl sites for hydroxylation is 3. The molecule has 0 amide bonds. The zero-order valence-electron chi connectivity index (χ0n) is 11.8. The van der Waals surface area contributed by atoms with Crippen LogP contribution >= 0.6 is 26.6 Å². The first-order chi connectivity index (χ1) is 9.68. The maximum atomic E-state index is 11.4. The fourth-order valence-corrected chi connectivity index (χ4v) is 3.48. The highest BCUT2D eigenvalue weighted by Gasteiger charge is 2.14. The van der Waals surface area contributed by atoms with Crippen LogP contribution in [0.25, 0.3) is 0 Å². The molecule has 0 aliphatic carbocycles. The Labute approximate surface area is 137 Å². The fourth-order valence-electron chi connectivity index (χ4n) is 2.06. The van der Waals surface area contributed by atoms with Crippen molar-refractivity contribution in [2.75, 3.05) is 0 Å². The average Bonchev–Trinajstić information content (AvgIpc) is 2.34. The molecule has 0 saturated heterocycles. The molecular formula is C15H14BrClO3S. The highest BCUT2D eigenvalue weighted by atomic mass is 79.9. The van der Waals surface area contributed by atoms with Gasteiger partial charge in [0.15, 0.2) is 0 Å². The van der Waals surface area contributed by atoms with Crippen molar-refractivity contribution in [3.63, 3.8) is 0 Å². The Morgan fingerprint density at radius 2 is 1.48 bits per heavy atom. The summed E-state index contributed by atoms with van der Waals surface area (Å²) >= 11 is 3.50. The molecule has 0 radical (unpaired) electrons. The monoisotopic (exact) mass is 388 g/mol. The number of rotatable bonds is 3. The van der Waals surface area contributed by atoms with E-state index in [2.05, 4.69) is 15.9 Å². The highest BCUT2D eigenvalue weighted by molar-refractivity contribution is 9.10. The first-order valence-corrected chi connectivity index (χ1v) is 9.28. The van der Waals surface area contributed by atoms with Crippen molar-refractivity contribution in [1.82, 2.24) is 0 Å². The van der Waals surface area contributed by atoms with Crippen LogP contribution < -0.4 is 4.74 Å². The second kappa shape index (κ2) is 5.99. The van der Waals surface area contributed by atoms with E-state index in [1.54, 1.807) is 19.1 Å². The molecule has 3 nitrogen and oxygen atoms in total. The molecule has 112 valence electrons. The molecule has 0 aliphatic rings. The molecule has 0 N–H and O–H groups in total. The zero-order valence-corrected chi connectivity index (χ0v) is 14.9. The Balaban J connectivity index is 2.35. The molecule has 0 aliphatic heterocycles. The van der Waals surface area contributed by atoms with Crippen LogP contribution in [-0.4, -0.2) is 8.42 Å². The summed E-state index contributed by atoms with van der Waals surface area (Å²) in [7, 11) is 1.63. The van der Waals surface area contributed by atoms with Crippen LogP contribution in [0.4, 0.5) is 0 Å². The minimum Gasteiger partial charge on any atom is -0.457 e. The van der Waals surface area contributed by atoms with Crippen molar-refractivity contribution in [2.45, 2.75) is 25.7 Å². The average molecular weight is 390 g/mol. The SMILES string of the molecule is Cc1cc(Oc2cc(C)c(Br)c(C)c2)ccc1S(=O)(=O)Cl. The Morgan fingerprint density at radius 1 is 0.952 bits per heavy atom. The number of hydrogen-bond acceptors (Lipinski definition) is 3. The second-order valence-electron chi connectivity index (χ2n) is 4.84. The van der Waals surface area contributed by atoms with Gasteiger partial charge in [-0.3, -0.25) is 0 Å². The van der Waals surface area contributed by atoms with Crippen molar-refractivity contribution >= 4 is 35.7 Å². The Kier molecular flexibility index (Phi) is 4.66. The Morgan fingerprint density at radius 3 is 1.95 bits per heavy atom. The lowest BCUT2D eigenvalue weighted by Crippen LogP contribution is -1.95. The van der Waals surface area contributed by atoms with Crippen LogP contribution in [0.1, 0.15) is 16.7 Å². The summed E-state index contributed by atoms with van der Waals surface area (Å²) in [5.41, 5.74) is 2.69. The number of hydrogen-bond donors (Lipinski definition) is 0. The first-order valence-electron chi connectivity index (χ1n) is 6.18. The second-order valence-corrected chi connectivity index (χ2v) is 8.17. The third kappa shape index (κ3) is 3.78. The Hall–Kier alpha value is -1.04. The van der Waals surface area contributed by atoms with Gasteiger partial charge in [-0.1, -0.05) is 15.9 Å². The highest BCUT2D eigenvalue weighted by Crippen LogP contribution is 2.31. The van der Waals surface area contributed by atoms with Crippen LogP contribution in [0.5, 0.6) is 11.5 Å². The summed E-state index contributed by atoms with van der Waals surface area (Å²) < 4.78 is 29.6. The predicted molar refractivity (Wildman–Crippen MR) is 87.9 cm³/mol. The summed E-state index contributed by atoms with van der Waals surface area (Å²) in [6.07, 6.45) is 0. The van der Waals surface area contributed by atoms with Crippen LogP contribution in [0.15, 0.2) is 39.7 Å². The molecule has 0 aromatic heterocycles. The van der Waals surface area contributed by atoms with E-state index in [-0.39, 0.29) is 4.90 Å². The van der Waals surface area contributed by atoms with Gasteiger partial charge in [-0.15, -0.1) is 0 Å². The Bertz CT molecular complexity index is 778. The third-order valence-corrected chi connectivity index (χ3v) is 5.79. The smallest absolute Gasteiger partial charge is 0.261 e. The lowest BCUT2D eigenvalue weighted by atomic mass is 10.1. The summed E-state index contributed by atoms with van der Waals surface area (Å²) in [6.45, 7) is 5.65. The number of benzene rings is 2. The largest absolute Gasteiger partial charge is 0.457 e. The molecule has 0 fully saturated rings. The van der Waals surface area contributed by atoms with Gasteiger partial charge >= 0.3 is 0 Å². The van der Waals surface area contributed by atoms with E-state index >= 15 is 0 Å². The third-order valence-electron chi connectivity index (χ3n) is 3.05. The molecule has 0 spiro atoms. The fraction of sp³-hybridized carbons (Fsp3) is 0.200. The van der Waals surface area contributed by atoms with Crippen molar-refractivity contribution in [2.24, 2.45) is 0 Å². The maximum absolute atomic E-state index is 11.4. The van der Waals surface area contributed by atoms with Gasteiger partial charge in [0.1, 0.15) is 11.5 Å². The normalized spacial score (nSPS) is 11.5. The molecule has 0 heterocycles. The topological polar surface area (TPSA) is 43.4 Å². The van der Waals surface area contributed by atoms with Crippen molar-refractivity contribution in [1.29, 1.82) is 0 Å². The molecule has 6 heteroatoms. The predicted octanol–water partition coefficient (Wildman–Crippen LogP) is 5.09. The quantitative estimate of drug-likeness (QED) is 0.686. The lowest BCUT2D eigenvalue weighted by molar-refractivity contribution is 0.480. The summed E-state index contributed by atoms with van der Waals surface area (Å²) in [5, 5.41) is 0. The van der Waals surface area contributed by atoms with Gasteiger partial charge in [0, 0.05) is 15.2 Å². The van der Waals surface area contributed by atoms with Gasteiger partial charge in [-0.2, -0.15) is 0 Å². The van der Waals surface area contributed by atoms with Gasteiger partial charge in [-0.25, -0.2) is 8.42 Å². The zero-order chi connectivity index (χ0) is 15.8. The van der Waals surface area contributed by atoms with E-state index in [4.69, 9.17) is 15.4 Å². The van der Waals surface area contributed by atoms with E-state index < -0.39 is 9.05 Å². The molecule has 2 aromatic carbocycles. The van der Waals surface area contributed by atoms with Crippen LogP contribution in [0.2, 0.25) is 0 Å². The summed E-state index contributed by atoms with van der Waals surface area (Å²) in [6, 6.07) is 8.53. The van der Waals surface area contributed by atoms with Crippen molar-refractivity contribution in [3.05, 3.63) is 51.5 Å². The van der Waals surface area contributed by atoms with Gasteiger partial charge in [-0.05, 0) is 67.8 Å². The molecule has 0 bridgehead atoms. The molecule has 21 heavy (non-hydrogen) atoms. The van der Waals surface area contributed by atoms with E-state index in [0.29, 0.717) is 17.1 Å². The summed E-state index contributed by atoms with van der Waals surface area (Å²) in [5.74, 6) is 1.27. The minimum atomic E-state index is -3.73. The standard InChI is InChI=1S/C15H14BrClO3S/c1-9-6-12(4-5-14(9)21(17,18)19)20-13-7-10(2)15(16)11(3)8-13/h4-8H,1-3H3. The van der Waals surface area contributed by atoms with Crippen LogP contribution in [0.3, 0.4) is 0 Å². The van der Waals surface area contributed by atoms with Gasteiger partial charge < -0.3 is 4.74 Å². The van der Waals surface area contributed by atoms with Gasteiger partial charge in [0.25, 0.3) is 9.05 Å². The van der Waals surface area contributed by atoms with Crippen LogP contribution in [0, 0.1) is 20.8 Å². The molecule has 0 atom stereocenters. The number of halogens is 2. The van der Waals surface area contributed by atoms with E-state index in [1.807, 2.05) is 26.0 Å². The molecule has 2 aromatic rings. The van der Waals surface area contributed by atoms with E-state index in [1.165, 1.54) is 6.07 Å².